The summed E-state index contributed by atoms with van der Waals surface area (Å²) in [7, 11) is 1.58. The van der Waals surface area contributed by atoms with Crippen LogP contribution in [0.5, 0.6) is 0 Å². The van der Waals surface area contributed by atoms with Gasteiger partial charge in [-0.05, 0) is 45.4 Å². The lowest BCUT2D eigenvalue weighted by atomic mass is 9.81. The fraction of sp³-hybridized carbons (Fsp3) is 0.250. The quantitative estimate of drug-likeness (QED) is 0.521. The summed E-state index contributed by atoms with van der Waals surface area (Å²) in [5.41, 5.74) is 1.94. The van der Waals surface area contributed by atoms with Gasteiger partial charge in [0.1, 0.15) is 11.7 Å². The second-order valence-corrected chi connectivity index (χ2v) is 9.49. The number of aliphatic imine (C=N–C) groups is 2. The summed E-state index contributed by atoms with van der Waals surface area (Å²) in [5, 5.41) is 23.4. The van der Waals surface area contributed by atoms with Gasteiger partial charge in [-0.15, -0.1) is 0 Å². The normalized spacial score (nSPS) is 15.9. The molecule has 1 aliphatic rings. The number of nitriles is 1. The van der Waals surface area contributed by atoms with Crippen molar-refractivity contribution in [3.05, 3.63) is 101 Å². The van der Waals surface area contributed by atoms with Gasteiger partial charge in [-0.2, -0.15) is 5.26 Å². The van der Waals surface area contributed by atoms with Crippen LogP contribution in [0.1, 0.15) is 56.1 Å². The smallest absolute Gasteiger partial charge is 0.330 e. The zero-order valence-electron chi connectivity index (χ0n) is 20.4. The molecular formula is C28H28BN4O2. The van der Waals surface area contributed by atoms with Crippen molar-refractivity contribution in [2.45, 2.75) is 45.1 Å². The highest BCUT2D eigenvalue weighted by Crippen LogP contribution is 2.25. The summed E-state index contributed by atoms with van der Waals surface area (Å²) in [6, 6.07) is 27.4. The maximum Gasteiger partial charge on any atom is 0.330 e. The lowest BCUT2D eigenvalue weighted by molar-refractivity contribution is -0.0893. The minimum Gasteiger partial charge on any atom is -0.427 e. The van der Waals surface area contributed by atoms with E-state index in [4.69, 9.17) is 14.6 Å². The fourth-order valence-corrected chi connectivity index (χ4v) is 3.39. The van der Waals surface area contributed by atoms with E-state index in [0.29, 0.717) is 22.7 Å². The molecule has 0 spiro atoms. The highest BCUT2D eigenvalue weighted by atomic mass is 16.5. The van der Waals surface area contributed by atoms with Crippen molar-refractivity contribution >= 4 is 24.6 Å². The molecule has 6 nitrogen and oxygen atoms in total. The molecule has 4 rings (SSSR count). The number of nitrogens with one attached hydrogen (secondary N) is 1. The second-order valence-electron chi connectivity index (χ2n) is 9.49. The van der Waals surface area contributed by atoms with Gasteiger partial charge in [0, 0.05) is 11.1 Å². The zero-order valence-corrected chi connectivity index (χ0v) is 20.4. The molecule has 0 bridgehead atoms. The molecule has 0 fully saturated rings. The van der Waals surface area contributed by atoms with Gasteiger partial charge in [-0.1, -0.05) is 72.2 Å². The number of benzene rings is 3. The zero-order chi connectivity index (χ0) is 25.1. The number of hydrogen-bond acceptors (Lipinski definition) is 6. The number of aliphatic hydroxyl groups is 1. The van der Waals surface area contributed by atoms with E-state index in [0.717, 1.165) is 16.7 Å². The average molecular weight is 463 g/mol. The van der Waals surface area contributed by atoms with Crippen LogP contribution in [-0.2, 0) is 4.65 Å². The van der Waals surface area contributed by atoms with E-state index in [1.807, 2.05) is 80.6 Å². The Balaban J connectivity index is 1.71. The van der Waals surface area contributed by atoms with Crippen LogP contribution in [0.15, 0.2) is 88.8 Å². The van der Waals surface area contributed by atoms with E-state index in [2.05, 4.69) is 11.4 Å². The molecule has 35 heavy (non-hydrogen) atoms. The first-order valence-electron chi connectivity index (χ1n) is 11.5. The van der Waals surface area contributed by atoms with Crippen LogP contribution in [-0.4, -0.2) is 35.5 Å². The molecular weight excluding hydrogens is 435 g/mol. The van der Waals surface area contributed by atoms with Gasteiger partial charge >= 0.3 is 7.48 Å². The molecule has 1 radical (unpaired) electrons. The van der Waals surface area contributed by atoms with Crippen LogP contribution in [0.2, 0.25) is 0 Å². The third-order valence-electron chi connectivity index (χ3n) is 6.21. The van der Waals surface area contributed by atoms with Gasteiger partial charge in [0.05, 0.1) is 22.8 Å². The Morgan fingerprint density at radius 1 is 0.886 bits per heavy atom. The Bertz CT molecular complexity index is 1290. The molecule has 0 saturated heterocycles. The number of hydrogen-bond donors (Lipinski definition) is 2. The first kappa shape index (κ1) is 24.4. The van der Waals surface area contributed by atoms with Crippen molar-refractivity contribution < 1.29 is 9.76 Å². The lowest BCUT2D eigenvalue weighted by Gasteiger charge is -2.37. The van der Waals surface area contributed by atoms with Crippen LogP contribution in [0.25, 0.3) is 0 Å². The SMILES string of the molecule is CC(C)(O)C(C)(C)O[B]c1cc(C#N)cc(C2=NC(c3ccccc3)N=C(c3ccccc3)N2)c1. The summed E-state index contributed by atoms with van der Waals surface area (Å²) in [6.07, 6.45) is -0.425. The Morgan fingerprint density at radius 2 is 1.49 bits per heavy atom. The van der Waals surface area contributed by atoms with E-state index in [9.17, 15) is 10.4 Å². The van der Waals surface area contributed by atoms with Crippen molar-refractivity contribution in [3.63, 3.8) is 0 Å². The summed E-state index contributed by atoms with van der Waals surface area (Å²) < 4.78 is 5.93. The van der Waals surface area contributed by atoms with Crippen LogP contribution < -0.4 is 10.8 Å². The summed E-state index contributed by atoms with van der Waals surface area (Å²) in [6.45, 7) is 7.04. The largest absolute Gasteiger partial charge is 0.427 e. The van der Waals surface area contributed by atoms with Gasteiger partial charge in [-0.25, -0.2) is 9.98 Å². The van der Waals surface area contributed by atoms with E-state index in [-0.39, 0.29) is 0 Å². The van der Waals surface area contributed by atoms with Gasteiger partial charge < -0.3 is 15.1 Å². The molecule has 0 saturated carbocycles. The number of rotatable bonds is 7. The molecule has 0 aliphatic carbocycles. The van der Waals surface area contributed by atoms with E-state index in [1.54, 1.807) is 33.5 Å². The maximum atomic E-state index is 10.4. The summed E-state index contributed by atoms with van der Waals surface area (Å²) in [5.74, 6) is 1.32. The highest BCUT2D eigenvalue weighted by molar-refractivity contribution is 6.47. The van der Waals surface area contributed by atoms with E-state index >= 15 is 0 Å². The number of nitrogens with zero attached hydrogens (tertiary/aromatic N) is 3. The van der Waals surface area contributed by atoms with Crippen molar-refractivity contribution in [1.29, 1.82) is 5.26 Å². The minimum atomic E-state index is -1.06. The van der Waals surface area contributed by atoms with Crippen molar-refractivity contribution in [1.82, 2.24) is 5.32 Å². The lowest BCUT2D eigenvalue weighted by Crippen LogP contribution is -2.49. The van der Waals surface area contributed by atoms with Crippen LogP contribution in [0.4, 0.5) is 0 Å². The van der Waals surface area contributed by atoms with Crippen molar-refractivity contribution in [2.24, 2.45) is 9.98 Å². The molecule has 175 valence electrons. The first-order valence-corrected chi connectivity index (χ1v) is 11.5. The Labute approximate surface area is 207 Å². The molecule has 0 aromatic heterocycles. The Kier molecular flexibility index (Phi) is 6.88. The minimum absolute atomic E-state index is 0.425. The molecule has 7 heteroatoms. The fourth-order valence-electron chi connectivity index (χ4n) is 3.39. The summed E-state index contributed by atoms with van der Waals surface area (Å²) in [4.78, 5) is 9.73. The number of amidine groups is 2. The predicted molar refractivity (Wildman–Crippen MR) is 140 cm³/mol. The predicted octanol–water partition coefficient (Wildman–Crippen LogP) is 3.86. The van der Waals surface area contributed by atoms with E-state index in [1.165, 1.54) is 0 Å². The molecule has 1 aliphatic heterocycles. The monoisotopic (exact) mass is 463 g/mol. The highest BCUT2D eigenvalue weighted by Gasteiger charge is 2.35. The standard InChI is InChI=1S/C28H28BN4O2/c1-27(2,34)28(3,4)35-29-23-16-19(18-30)15-22(17-23)26-32-24(20-11-7-5-8-12-20)31-25(33-26)21-13-9-6-10-14-21/h5-17,24,34H,1-4H3,(H,31,32,33). The molecule has 1 heterocycles. The van der Waals surface area contributed by atoms with Crippen molar-refractivity contribution in [2.75, 3.05) is 0 Å². The third kappa shape index (κ3) is 5.68. The first-order chi connectivity index (χ1) is 16.7. The van der Waals surface area contributed by atoms with E-state index < -0.39 is 17.4 Å². The van der Waals surface area contributed by atoms with Gasteiger partial charge in [0.25, 0.3) is 0 Å². The Morgan fingerprint density at radius 3 is 2.09 bits per heavy atom. The van der Waals surface area contributed by atoms with Gasteiger partial charge in [-0.3, -0.25) is 0 Å². The molecule has 0 amide bonds. The van der Waals surface area contributed by atoms with Gasteiger partial charge in [0.15, 0.2) is 6.17 Å². The average Bonchev–Trinajstić information content (AvgIpc) is 2.87. The maximum absolute atomic E-state index is 10.4. The van der Waals surface area contributed by atoms with Crippen LogP contribution in [0.3, 0.4) is 0 Å². The van der Waals surface area contributed by atoms with Crippen LogP contribution >= 0.6 is 0 Å². The third-order valence-corrected chi connectivity index (χ3v) is 6.21. The van der Waals surface area contributed by atoms with Crippen molar-refractivity contribution in [3.8, 4) is 6.07 Å². The molecule has 1 atom stereocenters. The summed E-state index contributed by atoms with van der Waals surface area (Å²) >= 11 is 0. The van der Waals surface area contributed by atoms with Gasteiger partial charge in [0.2, 0.25) is 0 Å². The second kappa shape index (κ2) is 9.87. The molecule has 3 aromatic rings. The topological polar surface area (TPSA) is 90.0 Å². The van der Waals surface area contributed by atoms with Crippen LogP contribution in [0, 0.1) is 11.3 Å². The molecule has 2 N–H and O–H groups in total. The molecule has 1 unspecified atom stereocenters. The Hall–Kier alpha value is -3.73. The molecule has 3 aromatic carbocycles.